The molecule has 1 unspecified atom stereocenters. The van der Waals surface area contributed by atoms with Gasteiger partial charge in [-0.15, -0.1) is 0 Å². The molecule has 2 rings (SSSR count). The van der Waals surface area contributed by atoms with E-state index < -0.39 is 23.5 Å². The summed E-state index contributed by atoms with van der Waals surface area (Å²) in [6, 6.07) is 11.0. The van der Waals surface area contributed by atoms with Gasteiger partial charge in [0.15, 0.2) is 0 Å². The number of methoxy groups -OCH3 is 2. The van der Waals surface area contributed by atoms with Crippen molar-refractivity contribution in [3.63, 3.8) is 0 Å². The lowest BCUT2D eigenvalue weighted by molar-refractivity contribution is -0.153. The maximum absolute atomic E-state index is 12.5. The Hall–Kier alpha value is -3.07. The molecule has 1 aromatic rings. The van der Waals surface area contributed by atoms with E-state index in [4.69, 9.17) is 14.2 Å². The molecular formula is C20H21NO5. The molecule has 1 aliphatic heterocycles. The van der Waals surface area contributed by atoms with Gasteiger partial charge in [0.2, 0.25) is 6.10 Å². The molecule has 0 aliphatic carbocycles. The standard InChI is InChI=1S/C20H21NO5/c1-20(2,3)17-13(11-21)14(12-9-7-6-8-10-12)15(18(22)24-4)16(26-17)19(23)25-5/h6-10,16H,1-5H3. The van der Waals surface area contributed by atoms with Crippen LogP contribution in [0.5, 0.6) is 0 Å². The summed E-state index contributed by atoms with van der Waals surface area (Å²) in [4.78, 5) is 24.8. The van der Waals surface area contributed by atoms with Gasteiger partial charge >= 0.3 is 11.9 Å². The highest BCUT2D eigenvalue weighted by Gasteiger charge is 2.43. The Labute approximate surface area is 152 Å². The lowest BCUT2D eigenvalue weighted by Crippen LogP contribution is -2.37. The summed E-state index contributed by atoms with van der Waals surface area (Å²) >= 11 is 0. The van der Waals surface area contributed by atoms with Crippen LogP contribution in [-0.4, -0.2) is 32.3 Å². The molecule has 0 bridgehead atoms. The zero-order valence-corrected chi connectivity index (χ0v) is 15.5. The Balaban J connectivity index is 2.92. The van der Waals surface area contributed by atoms with Crippen LogP contribution in [0.2, 0.25) is 0 Å². The highest BCUT2D eigenvalue weighted by molar-refractivity contribution is 6.08. The number of benzene rings is 1. The van der Waals surface area contributed by atoms with E-state index in [1.54, 1.807) is 24.3 Å². The molecule has 6 nitrogen and oxygen atoms in total. The van der Waals surface area contributed by atoms with Gasteiger partial charge < -0.3 is 14.2 Å². The van der Waals surface area contributed by atoms with E-state index in [1.165, 1.54) is 14.2 Å². The Kier molecular flexibility index (Phi) is 5.51. The van der Waals surface area contributed by atoms with Gasteiger partial charge in [0.1, 0.15) is 11.8 Å². The van der Waals surface area contributed by atoms with Crippen molar-refractivity contribution in [3.05, 3.63) is 52.8 Å². The first kappa shape index (κ1) is 19.3. The fourth-order valence-electron chi connectivity index (χ4n) is 2.77. The number of carbonyl (C=O) groups is 2. The molecule has 1 aliphatic rings. The van der Waals surface area contributed by atoms with Gasteiger partial charge in [-0.2, -0.15) is 5.26 Å². The fourth-order valence-corrected chi connectivity index (χ4v) is 2.77. The predicted molar refractivity (Wildman–Crippen MR) is 94.4 cm³/mol. The topological polar surface area (TPSA) is 85.6 Å². The smallest absolute Gasteiger partial charge is 0.352 e. The number of carbonyl (C=O) groups excluding carboxylic acids is 2. The number of hydrogen-bond donors (Lipinski definition) is 0. The summed E-state index contributed by atoms with van der Waals surface area (Å²) in [5.41, 5.74) is 0.522. The van der Waals surface area contributed by atoms with Crippen molar-refractivity contribution in [1.82, 2.24) is 0 Å². The zero-order valence-electron chi connectivity index (χ0n) is 15.5. The first-order chi connectivity index (χ1) is 12.3. The van der Waals surface area contributed by atoms with Gasteiger partial charge in [-0.05, 0) is 5.56 Å². The number of nitrogens with zero attached hydrogens (tertiary/aromatic N) is 1. The summed E-state index contributed by atoms with van der Waals surface area (Å²) < 4.78 is 15.5. The minimum Gasteiger partial charge on any atom is -0.476 e. The number of hydrogen-bond acceptors (Lipinski definition) is 6. The highest BCUT2D eigenvalue weighted by atomic mass is 16.6. The van der Waals surface area contributed by atoms with Crippen LogP contribution in [0.3, 0.4) is 0 Å². The Bertz CT molecular complexity index is 822. The number of rotatable bonds is 3. The van der Waals surface area contributed by atoms with Crippen molar-refractivity contribution in [2.45, 2.75) is 26.9 Å². The molecule has 0 spiro atoms. The molecule has 0 saturated heterocycles. The van der Waals surface area contributed by atoms with Gasteiger partial charge in [0.25, 0.3) is 0 Å². The number of nitriles is 1. The normalized spacial score (nSPS) is 17.3. The van der Waals surface area contributed by atoms with Crippen molar-refractivity contribution in [2.75, 3.05) is 14.2 Å². The van der Waals surface area contributed by atoms with Crippen molar-refractivity contribution in [1.29, 1.82) is 5.26 Å². The van der Waals surface area contributed by atoms with Gasteiger partial charge in [0, 0.05) is 11.0 Å². The average Bonchev–Trinajstić information content (AvgIpc) is 2.64. The van der Waals surface area contributed by atoms with E-state index in [9.17, 15) is 14.9 Å². The molecule has 136 valence electrons. The Morgan fingerprint density at radius 1 is 1.12 bits per heavy atom. The molecule has 0 radical (unpaired) electrons. The Morgan fingerprint density at radius 2 is 1.73 bits per heavy atom. The summed E-state index contributed by atoms with van der Waals surface area (Å²) in [5.74, 6) is -1.17. The van der Waals surface area contributed by atoms with Crippen LogP contribution in [0.1, 0.15) is 26.3 Å². The van der Waals surface area contributed by atoms with E-state index in [1.807, 2.05) is 26.8 Å². The molecule has 0 N–H and O–H groups in total. The van der Waals surface area contributed by atoms with E-state index >= 15 is 0 Å². The summed E-state index contributed by atoms with van der Waals surface area (Å²) in [7, 11) is 2.42. The molecule has 0 saturated carbocycles. The third-order valence-corrected chi connectivity index (χ3v) is 3.92. The Morgan fingerprint density at radius 3 is 2.19 bits per heavy atom. The minimum atomic E-state index is -1.31. The average molecular weight is 355 g/mol. The molecule has 1 atom stereocenters. The van der Waals surface area contributed by atoms with Gasteiger partial charge in [0.05, 0.1) is 25.4 Å². The second kappa shape index (κ2) is 7.44. The number of allylic oxidation sites excluding steroid dienone is 3. The van der Waals surface area contributed by atoms with Crippen LogP contribution in [0.15, 0.2) is 47.2 Å². The molecular weight excluding hydrogens is 334 g/mol. The summed E-state index contributed by atoms with van der Waals surface area (Å²) in [5, 5.41) is 9.82. The van der Waals surface area contributed by atoms with Crippen LogP contribution < -0.4 is 0 Å². The second-order valence-electron chi connectivity index (χ2n) is 6.73. The number of ether oxygens (including phenoxy) is 3. The largest absolute Gasteiger partial charge is 0.476 e. The third kappa shape index (κ3) is 3.47. The van der Waals surface area contributed by atoms with Gasteiger partial charge in [-0.1, -0.05) is 51.1 Å². The van der Waals surface area contributed by atoms with Crippen molar-refractivity contribution in [2.24, 2.45) is 5.41 Å². The molecule has 1 aromatic carbocycles. The molecule has 0 fully saturated rings. The SMILES string of the molecule is COC(=O)C1=C(c2ccccc2)C(C#N)=C(C(C)(C)C)OC1C(=O)OC. The molecule has 6 heteroatoms. The lowest BCUT2D eigenvalue weighted by Gasteiger charge is -2.34. The van der Waals surface area contributed by atoms with E-state index in [2.05, 4.69) is 6.07 Å². The summed E-state index contributed by atoms with van der Waals surface area (Å²) in [6.07, 6.45) is -1.31. The molecule has 1 heterocycles. The maximum Gasteiger partial charge on any atom is 0.352 e. The van der Waals surface area contributed by atoms with Crippen molar-refractivity contribution in [3.8, 4) is 6.07 Å². The first-order valence-corrected chi connectivity index (χ1v) is 8.03. The van der Waals surface area contributed by atoms with Crippen molar-refractivity contribution >= 4 is 17.5 Å². The van der Waals surface area contributed by atoms with Crippen LogP contribution in [0.25, 0.3) is 5.57 Å². The van der Waals surface area contributed by atoms with Gasteiger partial charge in [-0.3, -0.25) is 0 Å². The molecule has 0 amide bonds. The third-order valence-electron chi connectivity index (χ3n) is 3.92. The lowest BCUT2D eigenvalue weighted by atomic mass is 9.81. The van der Waals surface area contributed by atoms with E-state index in [0.717, 1.165) is 0 Å². The van der Waals surface area contributed by atoms with E-state index in [0.29, 0.717) is 16.9 Å². The number of esters is 2. The van der Waals surface area contributed by atoms with E-state index in [-0.39, 0.29) is 11.1 Å². The maximum atomic E-state index is 12.5. The van der Waals surface area contributed by atoms with Crippen LogP contribution in [0, 0.1) is 16.7 Å². The summed E-state index contributed by atoms with van der Waals surface area (Å²) in [6.45, 7) is 5.58. The van der Waals surface area contributed by atoms with Gasteiger partial charge in [-0.25, -0.2) is 9.59 Å². The highest BCUT2D eigenvalue weighted by Crippen LogP contribution is 2.43. The first-order valence-electron chi connectivity index (χ1n) is 8.03. The monoisotopic (exact) mass is 355 g/mol. The fraction of sp³-hybridized carbons (Fsp3) is 0.350. The predicted octanol–water partition coefficient (Wildman–Crippen LogP) is 3.01. The van der Waals surface area contributed by atoms with Crippen LogP contribution in [0.4, 0.5) is 0 Å². The molecule has 0 aromatic heterocycles. The molecule has 26 heavy (non-hydrogen) atoms. The second-order valence-corrected chi connectivity index (χ2v) is 6.73. The van der Waals surface area contributed by atoms with Crippen LogP contribution in [-0.2, 0) is 23.8 Å². The quantitative estimate of drug-likeness (QED) is 0.775. The van der Waals surface area contributed by atoms with Crippen LogP contribution >= 0.6 is 0 Å². The van der Waals surface area contributed by atoms with Crippen molar-refractivity contribution < 1.29 is 23.8 Å². The minimum absolute atomic E-state index is 0.0462. The zero-order chi connectivity index (χ0) is 19.5.